The number of aromatic nitrogens is 2. The van der Waals surface area contributed by atoms with Crippen LogP contribution in [-0.2, 0) is 0 Å². The van der Waals surface area contributed by atoms with Crippen LogP contribution in [0.5, 0.6) is 0 Å². The Hall–Kier alpha value is -3.00. The number of hydrogen-bond donors (Lipinski definition) is 1. The zero-order chi connectivity index (χ0) is 16.5. The molecule has 3 aromatic rings. The standard InChI is InChI=1S/C19H19N5/c1-14-2-4-16(5-3-14)23-8-10-24(11-9-23)18-7-6-17-15(12-20)13-21-19(17)22-18/h2-7,13H,8-11H2,1H3,(H,21,22). The molecule has 0 saturated carbocycles. The Morgan fingerprint density at radius 3 is 2.42 bits per heavy atom. The second kappa shape index (κ2) is 5.89. The van der Waals surface area contributed by atoms with E-state index in [-0.39, 0.29) is 0 Å². The number of hydrogen-bond acceptors (Lipinski definition) is 4. The largest absolute Gasteiger partial charge is 0.368 e. The highest BCUT2D eigenvalue weighted by Crippen LogP contribution is 2.23. The molecule has 3 heterocycles. The molecule has 4 rings (SSSR count). The van der Waals surface area contributed by atoms with Crippen molar-refractivity contribution in [1.29, 1.82) is 5.26 Å². The second-order valence-corrected chi connectivity index (χ2v) is 6.19. The number of rotatable bonds is 2. The Balaban J connectivity index is 1.49. The molecular formula is C19H19N5. The SMILES string of the molecule is Cc1ccc(N2CCN(c3ccc4c(C#N)c[nH]c4n3)CC2)cc1. The van der Waals surface area contributed by atoms with Crippen LogP contribution in [0.1, 0.15) is 11.1 Å². The molecule has 0 bridgehead atoms. The summed E-state index contributed by atoms with van der Waals surface area (Å²) in [5, 5.41) is 9.97. The third-order valence-corrected chi connectivity index (χ3v) is 4.65. The van der Waals surface area contributed by atoms with Crippen molar-refractivity contribution in [2.24, 2.45) is 0 Å². The van der Waals surface area contributed by atoms with E-state index in [0.717, 1.165) is 43.0 Å². The van der Waals surface area contributed by atoms with E-state index in [9.17, 15) is 0 Å². The number of anilines is 2. The molecule has 1 fully saturated rings. The Morgan fingerprint density at radius 2 is 1.71 bits per heavy atom. The fourth-order valence-corrected chi connectivity index (χ4v) is 3.21. The smallest absolute Gasteiger partial charge is 0.141 e. The number of aryl methyl sites for hydroxylation is 1. The minimum atomic E-state index is 0.647. The van der Waals surface area contributed by atoms with Crippen molar-refractivity contribution in [2.45, 2.75) is 6.92 Å². The van der Waals surface area contributed by atoms with Crippen LogP contribution in [-0.4, -0.2) is 36.1 Å². The van der Waals surface area contributed by atoms with E-state index in [0.29, 0.717) is 5.56 Å². The van der Waals surface area contributed by atoms with Gasteiger partial charge in [-0.05, 0) is 31.2 Å². The summed E-state index contributed by atoms with van der Waals surface area (Å²) in [4.78, 5) is 12.5. The van der Waals surface area contributed by atoms with Gasteiger partial charge in [-0.2, -0.15) is 5.26 Å². The van der Waals surface area contributed by atoms with Gasteiger partial charge in [0.05, 0.1) is 5.56 Å². The summed E-state index contributed by atoms with van der Waals surface area (Å²) >= 11 is 0. The minimum Gasteiger partial charge on any atom is -0.368 e. The molecule has 0 spiro atoms. The number of piperazine rings is 1. The summed E-state index contributed by atoms with van der Waals surface area (Å²) in [5.74, 6) is 0.970. The Kier molecular flexibility index (Phi) is 3.58. The molecular weight excluding hydrogens is 298 g/mol. The van der Waals surface area contributed by atoms with E-state index in [1.165, 1.54) is 11.3 Å². The van der Waals surface area contributed by atoms with Crippen LogP contribution in [0.15, 0.2) is 42.6 Å². The van der Waals surface area contributed by atoms with Crippen molar-refractivity contribution in [1.82, 2.24) is 9.97 Å². The molecule has 1 aliphatic heterocycles. The molecule has 1 saturated heterocycles. The Bertz CT molecular complexity index is 896. The Morgan fingerprint density at radius 1 is 1.00 bits per heavy atom. The van der Waals surface area contributed by atoms with E-state index in [4.69, 9.17) is 5.26 Å². The van der Waals surface area contributed by atoms with E-state index in [1.807, 2.05) is 12.1 Å². The van der Waals surface area contributed by atoms with E-state index >= 15 is 0 Å². The summed E-state index contributed by atoms with van der Waals surface area (Å²) in [6.45, 7) is 5.96. The highest BCUT2D eigenvalue weighted by atomic mass is 15.3. The van der Waals surface area contributed by atoms with Gasteiger partial charge >= 0.3 is 0 Å². The Labute approximate surface area is 141 Å². The number of nitriles is 1. The van der Waals surface area contributed by atoms with Crippen molar-refractivity contribution in [3.63, 3.8) is 0 Å². The molecule has 1 aromatic carbocycles. The molecule has 5 heteroatoms. The number of H-pyrrole nitrogens is 1. The zero-order valence-electron chi connectivity index (χ0n) is 13.7. The average molecular weight is 317 g/mol. The van der Waals surface area contributed by atoms with Gasteiger partial charge in [-0.1, -0.05) is 17.7 Å². The van der Waals surface area contributed by atoms with Crippen LogP contribution in [0.3, 0.4) is 0 Å². The summed E-state index contributed by atoms with van der Waals surface area (Å²) in [6.07, 6.45) is 1.72. The van der Waals surface area contributed by atoms with Crippen molar-refractivity contribution < 1.29 is 0 Å². The highest BCUT2D eigenvalue weighted by molar-refractivity contribution is 5.84. The van der Waals surface area contributed by atoms with Gasteiger partial charge in [0.15, 0.2) is 0 Å². The quantitative estimate of drug-likeness (QED) is 0.789. The summed E-state index contributed by atoms with van der Waals surface area (Å²) in [6, 6.07) is 14.9. The number of aromatic amines is 1. The van der Waals surface area contributed by atoms with Crippen LogP contribution in [0.4, 0.5) is 11.5 Å². The lowest BCUT2D eigenvalue weighted by atomic mass is 10.2. The summed E-state index contributed by atoms with van der Waals surface area (Å²) < 4.78 is 0. The van der Waals surface area contributed by atoms with Crippen LogP contribution in [0.25, 0.3) is 11.0 Å². The lowest BCUT2D eigenvalue weighted by Gasteiger charge is -2.36. The third-order valence-electron chi connectivity index (χ3n) is 4.65. The molecule has 0 aliphatic carbocycles. The molecule has 120 valence electrons. The van der Waals surface area contributed by atoms with Gasteiger partial charge in [0.1, 0.15) is 17.5 Å². The van der Waals surface area contributed by atoms with Gasteiger partial charge in [-0.3, -0.25) is 0 Å². The molecule has 1 N–H and O–H groups in total. The molecule has 0 atom stereocenters. The molecule has 24 heavy (non-hydrogen) atoms. The highest BCUT2D eigenvalue weighted by Gasteiger charge is 2.19. The maximum absolute atomic E-state index is 9.08. The van der Waals surface area contributed by atoms with Crippen LogP contribution in [0.2, 0.25) is 0 Å². The van der Waals surface area contributed by atoms with Crippen LogP contribution >= 0.6 is 0 Å². The normalized spacial score (nSPS) is 14.8. The maximum atomic E-state index is 9.08. The number of benzene rings is 1. The summed E-state index contributed by atoms with van der Waals surface area (Å²) in [5.41, 5.74) is 4.00. The molecule has 5 nitrogen and oxygen atoms in total. The average Bonchev–Trinajstić information content (AvgIpc) is 3.05. The lowest BCUT2D eigenvalue weighted by molar-refractivity contribution is 0.648. The monoisotopic (exact) mass is 317 g/mol. The van der Waals surface area contributed by atoms with E-state index in [2.05, 4.69) is 57.0 Å². The first-order valence-corrected chi connectivity index (χ1v) is 8.19. The van der Waals surface area contributed by atoms with Gasteiger partial charge in [-0.15, -0.1) is 0 Å². The zero-order valence-corrected chi connectivity index (χ0v) is 13.7. The molecule has 2 aromatic heterocycles. The molecule has 0 amide bonds. The van der Waals surface area contributed by atoms with Crippen molar-refractivity contribution in [2.75, 3.05) is 36.0 Å². The second-order valence-electron chi connectivity index (χ2n) is 6.19. The maximum Gasteiger partial charge on any atom is 0.141 e. The van der Waals surface area contributed by atoms with Crippen LogP contribution in [0, 0.1) is 18.3 Å². The van der Waals surface area contributed by atoms with Gasteiger partial charge in [-0.25, -0.2) is 4.98 Å². The predicted molar refractivity (Wildman–Crippen MR) is 96.4 cm³/mol. The predicted octanol–water partition coefficient (Wildman–Crippen LogP) is 3.07. The van der Waals surface area contributed by atoms with Crippen molar-refractivity contribution in [3.05, 3.63) is 53.7 Å². The number of fused-ring (bicyclic) bond motifs is 1. The van der Waals surface area contributed by atoms with Crippen molar-refractivity contribution >= 4 is 22.5 Å². The first-order valence-electron chi connectivity index (χ1n) is 8.19. The lowest BCUT2D eigenvalue weighted by Crippen LogP contribution is -2.46. The third kappa shape index (κ3) is 2.56. The van der Waals surface area contributed by atoms with Gasteiger partial charge < -0.3 is 14.8 Å². The first kappa shape index (κ1) is 14.6. The van der Waals surface area contributed by atoms with Gasteiger partial charge in [0.2, 0.25) is 0 Å². The van der Waals surface area contributed by atoms with Crippen LogP contribution < -0.4 is 9.80 Å². The van der Waals surface area contributed by atoms with E-state index in [1.54, 1.807) is 6.20 Å². The molecule has 0 radical (unpaired) electrons. The number of pyridine rings is 1. The van der Waals surface area contributed by atoms with Gasteiger partial charge in [0, 0.05) is 43.4 Å². The fourth-order valence-electron chi connectivity index (χ4n) is 3.21. The minimum absolute atomic E-state index is 0.647. The van der Waals surface area contributed by atoms with Gasteiger partial charge in [0.25, 0.3) is 0 Å². The van der Waals surface area contributed by atoms with E-state index < -0.39 is 0 Å². The van der Waals surface area contributed by atoms with Crippen molar-refractivity contribution in [3.8, 4) is 6.07 Å². The fraction of sp³-hybridized carbons (Fsp3) is 0.263. The molecule has 1 aliphatic rings. The summed E-state index contributed by atoms with van der Waals surface area (Å²) in [7, 11) is 0. The topological polar surface area (TPSA) is 59.0 Å². The first-order chi connectivity index (χ1) is 11.7. The number of nitrogens with one attached hydrogen (secondary N) is 1. The number of nitrogens with zero attached hydrogens (tertiary/aromatic N) is 4. The molecule has 0 unspecified atom stereocenters.